The minimum atomic E-state index is -5.47. The predicted octanol–water partition coefficient (Wildman–Crippen LogP) is 4.94. The van der Waals surface area contributed by atoms with Gasteiger partial charge in [0.1, 0.15) is 16.5 Å². The van der Waals surface area contributed by atoms with E-state index in [0.29, 0.717) is 37.3 Å². The van der Waals surface area contributed by atoms with E-state index in [9.17, 15) is 31.2 Å². The lowest BCUT2D eigenvalue weighted by Gasteiger charge is -2.41. The number of hydroxylamine groups is 2. The van der Waals surface area contributed by atoms with Crippen molar-refractivity contribution in [1.29, 1.82) is 0 Å². The van der Waals surface area contributed by atoms with Crippen LogP contribution in [0, 0.1) is 5.82 Å². The Kier molecular flexibility index (Phi) is 11.2. The number of carbonyl (C=O) groups excluding carboxylic acids is 2. The second kappa shape index (κ2) is 15.4. The molecule has 3 aliphatic rings. The number of halogens is 5. The monoisotopic (exact) mass is 801 g/mol. The molecule has 6 rings (SSSR count). The lowest BCUT2D eigenvalue weighted by molar-refractivity contribution is -0.275. The van der Waals surface area contributed by atoms with Gasteiger partial charge in [-0.2, -0.15) is 4.31 Å². The maximum atomic E-state index is 15.2. The second-order valence-electron chi connectivity index (χ2n) is 12.6. The third-order valence-corrected chi connectivity index (χ3v) is 11.4. The Balaban J connectivity index is 1.42. The molecular formula is C34H36ClF4N5O9S. The third-order valence-electron chi connectivity index (χ3n) is 9.37. The Hall–Kier alpha value is -4.43. The number of alkyl halides is 3. The maximum absolute atomic E-state index is 15.2. The van der Waals surface area contributed by atoms with E-state index in [4.69, 9.17) is 30.6 Å². The van der Waals surface area contributed by atoms with Crippen LogP contribution in [0.4, 0.5) is 28.0 Å². The molecule has 0 aliphatic carbocycles. The number of rotatable bonds is 10. The number of pyridine rings is 1. The summed E-state index contributed by atoms with van der Waals surface area (Å²) in [6.45, 7) is 5.13. The van der Waals surface area contributed by atoms with Gasteiger partial charge in [0.25, 0.3) is 21.5 Å². The van der Waals surface area contributed by atoms with Gasteiger partial charge < -0.3 is 28.7 Å². The molecule has 2 aromatic carbocycles. The van der Waals surface area contributed by atoms with Gasteiger partial charge in [0, 0.05) is 56.1 Å². The maximum Gasteiger partial charge on any atom is 0.573 e. The summed E-state index contributed by atoms with van der Waals surface area (Å²) in [5, 5.41) is 0.721. The molecular weight excluding hydrogens is 766 g/mol. The highest BCUT2D eigenvalue weighted by molar-refractivity contribution is 7.93. The molecule has 2 fully saturated rings. The lowest BCUT2D eigenvalue weighted by atomic mass is 9.87. The summed E-state index contributed by atoms with van der Waals surface area (Å²) in [5.74, 6) is -4.56. The molecule has 4 heterocycles. The van der Waals surface area contributed by atoms with E-state index in [-0.39, 0.29) is 41.2 Å². The van der Waals surface area contributed by atoms with Crippen LogP contribution in [-0.2, 0) is 30.0 Å². The molecule has 3 aromatic rings. The van der Waals surface area contributed by atoms with Gasteiger partial charge in [0.15, 0.2) is 5.75 Å². The van der Waals surface area contributed by atoms with Crippen molar-refractivity contribution in [3.8, 4) is 17.4 Å². The van der Waals surface area contributed by atoms with Crippen LogP contribution in [0.1, 0.15) is 30.9 Å². The number of amides is 1. The number of aromatic nitrogens is 1. The van der Waals surface area contributed by atoms with Crippen LogP contribution >= 0.6 is 11.6 Å². The highest BCUT2D eigenvalue weighted by Gasteiger charge is 2.62. The fraction of sp³-hybridized carbons (Fsp3) is 0.441. The van der Waals surface area contributed by atoms with Gasteiger partial charge in [-0.15, -0.1) is 18.2 Å². The molecule has 0 saturated carbocycles. The Morgan fingerprint density at radius 1 is 1.04 bits per heavy atom. The molecule has 0 bridgehead atoms. The van der Waals surface area contributed by atoms with E-state index in [1.165, 1.54) is 23.4 Å². The Morgan fingerprint density at radius 2 is 1.74 bits per heavy atom. The van der Waals surface area contributed by atoms with Crippen molar-refractivity contribution in [2.75, 3.05) is 64.3 Å². The Morgan fingerprint density at radius 3 is 2.39 bits per heavy atom. The van der Waals surface area contributed by atoms with Gasteiger partial charge in [-0.05, 0) is 70.2 Å². The standard InChI is InChI=1S/C34H36ClF4N5O9S/c1-4-50-30-23(6-5-11-40-30)33(52-32(46)53-43-16-14-42(15-17-43)21-9-12-41(2)13-10-21)24-19-25(35)26(36)20-27(24)44(31(33)45)54(47,48)29-8-7-22(49-3)18-28(29)51-34(37,38)39/h5-8,11,18-21H,4,9-10,12-17H2,1-3H3. The Bertz CT molecular complexity index is 2010. The predicted molar refractivity (Wildman–Crippen MR) is 183 cm³/mol. The average molecular weight is 802 g/mol. The number of anilines is 1. The average Bonchev–Trinajstić information content (AvgIpc) is 3.35. The van der Waals surface area contributed by atoms with Crippen LogP contribution in [0.5, 0.6) is 17.4 Å². The fourth-order valence-electron chi connectivity index (χ4n) is 6.82. The van der Waals surface area contributed by atoms with E-state index < -0.39 is 66.8 Å². The quantitative estimate of drug-likeness (QED) is 0.202. The van der Waals surface area contributed by atoms with Gasteiger partial charge in [0.05, 0.1) is 30.0 Å². The largest absolute Gasteiger partial charge is 0.573 e. The van der Waals surface area contributed by atoms with Crippen molar-refractivity contribution in [2.45, 2.75) is 42.7 Å². The SMILES string of the molecule is CCOc1ncccc1C1(OC(=O)ON2CCN(C3CCN(C)CC3)CC2)C(=O)N(S(=O)(=O)c2ccc(OC)cc2OC(F)(F)F)c2cc(F)c(Cl)cc21. The lowest BCUT2D eigenvalue weighted by Crippen LogP contribution is -2.53. The first-order valence-corrected chi connectivity index (χ1v) is 18.6. The summed E-state index contributed by atoms with van der Waals surface area (Å²) in [7, 11) is -2.28. The van der Waals surface area contributed by atoms with E-state index in [2.05, 4.69) is 26.6 Å². The van der Waals surface area contributed by atoms with Gasteiger partial charge in [-0.3, -0.25) is 9.69 Å². The van der Waals surface area contributed by atoms with Crippen LogP contribution in [-0.4, -0.2) is 113 Å². The minimum absolute atomic E-state index is 0.0170. The summed E-state index contributed by atoms with van der Waals surface area (Å²) >= 11 is 6.20. The Labute approximate surface area is 313 Å². The zero-order chi connectivity index (χ0) is 39.0. The minimum Gasteiger partial charge on any atom is -0.497 e. The number of carbonyl (C=O) groups is 2. The molecule has 0 radical (unpaired) electrons. The first-order chi connectivity index (χ1) is 25.6. The molecule has 3 aliphatic heterocycles. The zero-order valence-electron chi connectivity index (χ0n) is 29.3. The molecule has 0 N–H and O–H groups in total. The van der Waals surface area contributed by atoms with E-state index >= 15 is 4.39 Å². The summed E-state index contributed by atoms with van der Waals surface area (Å²) in [6, 6.07) is 6.78. The van der Waals surface area contributed by atoms with E-state index in [1.54, 1.807) is 6.92 Å². The number of piperidine rings is 1. The molecule has 20 heteroatoms. The van der Waals surface area contributed by atoms with Crippen molar-refractivity contribution in [3.63, 3.8) is 0 Å². The van der Waals surface area contributed by atoms with Crippen molar-refractivity contribution >= 4 is 39.4 Å². The number of fused-ring (bicyclic) bond motifs is 1. The smallest absolute Gasteiger partial charge is 0.497 e. The van der Waals surface area contributed by atoms with Crippen LogP contribution in [0.2, 0.25) is 5.02 Å². The van der Waals surface area contributed by atoms with Crippen LogP contribution in [0.3, 0.4) is 0 Å². The van der Waals surface area contributed by atoms with Crippen LogP contribution in [0.25, 0.3) is 0 Å². The summed E-state index contributed by atoms with van der Waals surface area (Å²) in [6.07, 6.45) is -3.59. The number of hydrogen-bond acceptors (Lipinski definition) is 13. The van der Waals surface area contributed by atoms with Crippen molar-refractivity contribution in [3.05, 3.63) is 70.6 Å². The van der Waals surface area contributed by atoms with Crippen molar-refractivity contribution in [1.82, 2.24) is 19.8 Å². The number of ether oxygens (including phenoxy) is 4. The molecule has 292 valence electrons. The second-order valence-corrected chi connectivity index (χ2v) is 14.8. The number of methoxy groups -OCH3 is 1. The molecule has 1 unspecified atom stereocenters. The number of piperazine rings is 1. The molecule has 1 amide bonds. The number of likely N-dealkylation sites (tertiary alicyclic amines) is 1. The molecule has 1 atom stereocenters. The summed E-state index contributed by atoms with van der Waals surface area (Å²) < 4.78 is 105. The van der Waals surface area contributed by atoms with Gasteiger partial charge in [-0.25, -0.2) is 22.6 Å². The van der Waals surface area contributed by atoms with Gasteiger partial charge >= 0.3 is 12.5 Å². The normalized spacial score (nSPS) is 20.4. The molecule has 1 aromatic heterocycles. The van der Waals surface area contributed by atoms with Crippen LogP contribution < -0.4 is 18.5 Å². The van der Waals surface area contributed by atoms with Crippen molar-refractivity contribution < 1.29 is 59.4 Å². The van der Waals surface area contributed by atoms with Crippen LogP contribution in [0.15, 0.2) is 53.6 Å². The summed E-state index contributed by atoms with van der Waals surface area (Å²) in [5.41, 5.74) is -4.37. The van der Waals surface area contributed by atoms with Gasteiger partial charge in [0.2, 0.25) is 5.88 Å². The molecule has 0 spiro atoms. The fourth-order valence-corrected chi connectivity index (χ4v) is 8.53. The topological polar surface area (TPSA) is 140 Å². The molecule has 2 saturated heterocycles. The van der Waals surface area contributed by atoms with E-state index in [0.717, 1.165) is 45.2 Å². The highest BCUT2D eigenvalue weighted by Crippen LogP contribution is 2.53. The summed E-state index contributed by atoms with van der Waals surface area (Å²) in [4.78, 5) is 41.8. The molecule has 54 heavy (non-hydrogen) atoms. The number of benzene rings is 2. The highest BCUT2D eigenvalue weighted by atomic mass is 35.5. The number of nitrogens with zero attached hydrogens (tertiary/aromatic N) is 5. The van der Waals surface area contributed by atoms with E-state index in [1.807, 2.05) is 0 Å². The number of sulfonamides is 1. The molecule has 14 nitrogen and oxygen atoms in total. The van der Waals surface area contributed by atoms with Crippen molar-refractivity contribution in [2.24, 2.45) is 0 Å². The number of hydrogen-bond donors (Lipinski definition) is 0. The first-order valence-electron chi connectivity index (χ1n) is 16.8. The third kappa shape index (κ3) is 7.59. The first kappa shape index (κ1) is 39.3. The van der Waals surface area contributed by atoms with Gasteiger partial charge in [-0.1, -0.05) is 11.6 Å². The zero-order valence-corrected chi connectivity index (χ0v) is 30.8.